The Kier molecular flexibility index (Phi) is 6.52. The minimum atomic E-state index is -0.269. The van der Waals surface area contributed by atoms with Gasteiger partial charge in [0.1, 0.15) is 16.5 Å². The number of amides is 2. The van der Waals surface area contributed by atoms with E-state index in [1.54, 1.807) is 25.5 Å². The van der Waals surface area contributed by atoms with Crippen LogP contribution >= 0.6 is 11.3 Å². The van der Waals surface area contributed by atoms with Crippen LogP contribution < -0.4 is 15.4 Å². The first-order chi connectivity index (χ1) is 15.1. The number of hydrogen-bond acceptors (Lipinski definition) is 5. The maximum Gasteiger partial charge on any atom is 0.254 e. The first-order valence-electron chi connectivity index (χ1n) is 10.2. The third-order valence-electron chi connectivity index (χ3n) is 5.18. The summed E-state index contributed by atoms with van der Waals surface area (Å²) in [7, 11) is 1.61. The number of ether oxygens (including phenoxy) is 1. The topological polar surface area (TPSA) is 80.6 Å². The molecule has 3 aromatic rings. The summed E-state index contributed by atoms with van der Waals surface area (Å²) in [6.07, 6.45) is 8.74. The third-order valence-corrected chi connectivity index (χ3v) is 6.39. The quantitative estimate of drug-likeness (QED) is 0.521. The highest BCUT2D eigenvalue weighted by Crippen LogP contribution is 2.38. The van der Waals surface area contributed by atoms with Crippen LogP contribution in [0.1, 0.15) is 45.0 Å². The zero-order chi connectivity index (χ0) is 21.6. The average Bonchev–Trinajstić information content (AvgIpc) is 3.44. The van der Waals surface area contributed by atoms with E-state index in [0.29, 0.717) is 22.9 Å². The fourth-order valence-electron chi connectivity index (χ4n) is 3.60. The molecule has 7 heteroatoms. The van der Waals surface area contributed by atoms with Gasteiger partial charge in [-0.15, -0.1) is 11.3 Å². The number of anilines is 1. The number of hydrogen-bond donors (Lipinski definition) is 2. The van der Waals surface area contributed by atoms with E-state index in [0.717, 1.165) is 42.6 Å². The molecule has 0 saturated carbocycles. The molecule has 2 amide bonds. The van der Waals surface area contributed by atoms with Crippen LogP contribution in [-0.2, 0) is 24.2 Å². The summed E-state index contributed by atoms with van der Waals surface area (Å²) in [6, 6.07) is 11.0. The summed E-state index contributed by atoms with van der Waals surface area (Å²) in [5.74, 6) is 0.987. The predicted molar refractivity (Wildman–Crippen MR) is 121 cm³/mol. The van der Waals surface area contributed by atoms with Crippen LogP contribution in [0.5, 0.6) is 5.75 Å². The summed E-state index contributed by atoms with van der Waals surface area (Å²) in [6.45, 7) is 0.307. The van der Waals surface area contributed by atoms with Crippen LogP contribution in [0, 0.1) is 0 Å². The molecule has 2 N–H and O–H groups in total. The average molecular weight is 437 g/mol. The fourth-order valence-corrected chi connectivity index (χ4v) is 4.89. The van der Waals surface area contributed by atoms with Gasteiger partial charge in [-0.05, 0) is 67.2 Å². The largest absolute Gasteiger partial charge is 0.497 e. The molecule has 160 valence electrons. The number of fused-ring (bicyclic) bond motifs is 1. The van der Waals surface area contributed by atoms with E-state index in [4.69, 9.17) is 9.15 Å². The molecule has 6 nitrogen and oxygen atoms in total. The number of aryl methyl sites for hydroxylation is 1. The van der Waals surface area contributed by atoms with E-state index >= 15 is 0 Å². The van der Waals surface area contributed by atoms with Crippen LogP contribution in [0.25, 0.3) is 6.08 Å². The predicted octanol–water partition coefficient (Wildman–Crippen LogP) is 4.81. The molecular weight excluding hydrogens is 412 g/mol. The molecular formula is C24H24N2O4S. The number of carbonyl (C=O) groups is 2. The SMILES string of the molecule is COc1ccc(/C=C/C(=O)Nc2sc3c(c2C(=O)NCc2ccco2)CCCC3)cc1. The van der Waals surface area contributed by atoms with Crippen molar-refractivity contribution in [1.82, 2.24) is 5.32 Å². The molecule has 0 radical (unpaired) electrons. The molecule has 2 aromatic heterocycles. The van der Waals surface area contributed by atoms with Crippen molar-refractivity contribution in [3.05, 3.63) is 76.1 Å². The molecule has 0 fully saturated rings. The lowest BCUT2D eigenvalue weighted by molar-refractivity contribution is -0.111. The minimum Gasteiger partial charge on any atom is -0.497 e. The van der Waals surface area contributed by atoms with Gasteiger partial charge < -0.3 is 19.8 Å². The number of methoxy groups -OCH3 is 1. The van der Waals surface area contributed by atoms with E-state index in [9.17, 15) is 9.59 Å². The zero-order valence-corrected chi connectivity index (χ0v) is 18.1. The molecule has 0 aliphatic heterocycles. The van der Waals surface area contributed by atoms with Crippen LogP contribution in [0.15, 0.2) is 53.2 Å². The van der Waals surface area contributed by atoms with Crippen molar-refractivity contribution in [2.75, 3.05) is 12.4 Å². The molecule has 0 saturated heterocycles. The minimum absolute atomic E-state index is 0.190. The molecule has 0 spiro atoms. The lowest BCUT2D eigenvalue weighted by Gasteiger charge is -2.13. The van der Waals surface area contributed by atoms with Crippen molar-refractivity contribution in [2.24, 2.45) is 0 Å². The number of furan rings is 1. The van der Waals surface area contributed by atoms with Crippen molar-refractivity contribution in [3.63, 3.8) is 0 Å². The Hall–Kier alpha value is -3.32. The maximum absolute atomic E-state index is 13.0. The Morgan fingerprint density at radius 2 is 1.97 bits per heavy atom. The second-order valence-electron chi connectivity index (χ2n) is 7.27. The highest BCUT2D eigenvalue weighted by atomic mass is 32.1. The maximum atomic E-state index is 13.0. The Balaban J connectivity index is 1.50. The molecule has 1 aromatic carbocycles. The van der Waals surface area contributed by atoms with Gasteiger partial charge in [0.25, 0.3) is 5.91 Å². The summed E-state index contributed by atoms with van der Waals surface area (Å²) in [5.41, 5.74) is 2.53. The van der Waals surface area contributed by atoms with Gasteiger partial charge in [0.15, 0.2) is 0 Å². The molecule has 0 atom stereocenters. The first-order valence-corrected chi connectivity index (χ1v) is 11.0. The van der Waals surface area contributed by atoms with Gasteiger partial charge in [-0.25, -0.2) is 0 Å². The first kappa shape index (κ1) is 20.9. The molecule has 4 rings (SSSR count). The van der Waals surface area contributed by atoms with Crippen LogP contribution in [0.3, 0.4) is 0 Å². The van der Waals surface area contributed by atoms with Crippen LogP contribution in [0.4, 0.5) is 5.00 Å². The Labute approximate surface area is 184 Å². The van der Waals surface area contributed by atoms with Gasteiger partial charge in [0.2, 0.25) is 5.91 Å². The van der Waals surface area contributed by atoms with Crippen molar-refractivity contribution in [3.8, 4) is 5.75 Å². The van der Waals surface area contributed by atoms with E-state index in [1.807, 2.05) is 30.3 Å². The summed E-state index contributed by atoms with van der Waals surface area (Å²) in [5, 5.41) is 6.44. The second kappa shape index (κ2) is 9.66. The monoisotopic (exact) mass is 436 g/mol. The highest BCUT2D eigenvalue weighted by Gasteiger charge is 2.26. The van der Waals surface area contributed by atoms with E-state index in [2.05, 4.69) is 10.6 Å². The van der Waals surface area contributed by atoms with Gasteiger partial charge in [-0.2, -0.15) is 0 Å². The molecule has 1 aliphatic carbocycles. The van der Waals surface area contributed by atoms with Gasteiger partial charge in [0, 0.05) is 11.0 Å². The van der Waals surface area contributed by atoms with Crippen molar-refractivity contribution in [2.45, 2.75) is 32.2 Å². The lowest BCUT2D eigenvalue weighted by atomic mass is 9.95. The molecule has 31 heavy (non-hydrogen) atoms. The summed E-state index contributed by atoms with van der Waals surface area (Å²) >= 11 is 1.50. The van der Waals surface area contributed by atoms with Gasteiger partial charge in [0.05, 0.1) is 25.5 Å². The van der Waals surface area contributed by atoms with E-state index < -0.39 is 0 Å². The van der Waals surface area contributed by atoms with Gasteiger partial charge in [-0.3, -0.25) is 9.59 Å². The van der Waals surface area contributed by atoms with E-state index in [1.165, 1.54) is 22.3 Å². The van der Waals surface area contributed by atoms with Gasteiger partial charge in [-0.1, -0.05) is 12.1 Å². The zero-order valence-electron chi connectivity index (χ0n) is 17.3. The molecule has 1 aliphatic rings. The number of nitrogens with one attached hydrogen (secondary N) is 2. The fraction of sp³-hybridized carbons (Fsp3) is 0.250. The molecule has 0 bridgehead atoms. The Morgan fingerprint density at radius 1 is 1.16 bits per heavy atom. The van der Waals surface area contributed by atoms with E-state index in [-0.39, 0.29) is 11.8 Å². The van der Waals surface area contributed by atoms with Crippen LogP contribution in [-0.4, -0.2) is 18.9 Å². The Morgan fingerprint density at radius 3 is 2.71 bits per heavy atom. The molecule has 2 heterocycles. The summed E-state index contributed by atoms with van der Waals surface area (Å²) < 4.78 is 10.4. The highest BCUT2D eigenvalue weighted by molar-refractivity contribution is 7.17. The third kappa shape index (κ3) is 5.06. The van der Waals surface area contributed by atoms with Crippen molar-refractivity contribution >= 4 is 34.2 Å². The van der Waals surface area contributed by atoms with Gasteiger partial charge >= 0.3 is 0 Å². The normalized spacial score (nSPS) is 13.1. The second-order valence-corrected chi connectivity index (χ2v) is 8.38. The number of carbonyl (C=O) groups excluding carboxylic acids is 2. The number of rotatable bonds is 7. The van der Waals surface area contributed by atoms with Crippen molar-refractivity contribution in [1.29, 1.82) is 0 Å². The smallest absolute Gasteiger partial charge is 0.254 e. The number of thiophene rings is 1. The van der Waals surface area contributed by atoms with Crippen molar-refractivity contribution < 1.29 is 18.7 Å². The Bertz CT molecular complexity index is 1080. The number of benzene rings is 1. The molecule has 0 unspecified atom stereocenters. The lowest BCUT2D eigenvalue weighted by Crippen LogP contribution is -2.25. The van der Waals surface area contributed by atoms with Crippen LogP contribution in [0.2, 0.25) is 0 Å². The standard InChI is InChI=1S/C24H24N2O4S/c1-29-17-11-8-16(9-12-17)10-13-21(27)26-24-22(19-6-2-3-7-20(19)31-24)23(28)25-15-18-5-4-14-30-18/h4-5,8-14H,2-3,6-7,15H2,1H3,(H,25,28)(H,26,27)/b13-10+. The summed E-state index contributed by atoms with van der Waals surface area (Å²) in [4.78, 5) is 26.8.